The number of rotatable bonds is 5. The van der Waals surface area contributed by atoms with Crippen molar-refractivity contribution in [3.63, 3.8) is 0 Å². The highest BCUT2D eigenvalue weighted by Gasteiger charge is 2.11. The standard InChI is InChI=1S/C19H21N5O/c1-23(2)17-8-6-14(7-9-17)19(25)21-11-15-5-4-10-20-18(15)16-12-22-24(3)13-16/h4-10,12-13H,11H2,1-3H3,(H,21,25). The number of hydrogen-bond donors (Lipinski definition) is 1. The van der Waals surface area contributed by atoms with Gasteiger partial charge in [0.2, 0.25) is 0 Å². The number of nitrogens with one attached hydrogen (secondary N) is 1. The topological polar surface area (TPSA) is 63.1 Å². The monoisotopic (exact) mass is 335 g/mol. The second kappa shape index (κ2) is 7.17. The molecule has 1 amide bonds. The quantitative estimate of drug-likeness (QED) is 0.778. The molecule has 3 rings (SSSR count). The highest BCUT2D eigenvalue weighted by atomic mass is 16.1. The molecule has 0 saturated carbocycles. The molecule has 0 bridgehead atoms. The van der Waals surface area contributed by atoms with Gasteiger partial charge in [0.25, 0.3) is 5.91 Å². The van der Waals surface area contributed by atoms with Gasteiger partial charge < -0.3 is 10.2 Å². The van der Waals surface area contributed by atoms with Crippen molar-refractivity contribution in [3.05, 3.63) is 66.1 Å². The fourth-order valence-electron chi connectivity index (χ4n) is 2.57. The molecule has 2 heterocycles. The van der Waals surface area contributed by atoms with Crippen LogP contribution in [0.15, 0.2) is 55.0 Å². The zero-order valence-electron chi connectivity index (χ0n) is 14.6. The van der Waals surface area contributed by atoms with Crippen LogP contribution >= 0.6 is 0 Å². The molecule has 6 heteroatoms. The molecule has 2 aromatic heterocycles. The normalized spacial score (nSPS) is 10.5. The van der Waals surface area contributed by atoms with Crippen LogP contribution in [0.5, 0.6) is 0 Å². The van der Waals surface area contributed by atoms with Gasteiger partial charge in [-0.1, -0.05) is 6.07 Å². The third-order valence-corrected chi connectivity index (χ3v) is 3.95. The molecule has 1 N–H and O–H groups in total. The molecule has 0 saturated heterocycles. The molecule has 3 aromatic rings. The first kappa shape index (κ1) is 16.7. The molecule has 0 unspecified atom stereocenters. The zero-order chi connectivity index (χ0) is 17.8. The average molecular weight is 335 g/mol. The molecule has 0 aliphatic rings. The predicted octanol–water partition coefficient (Wildman–Crippen LogP) is 2.48. The molecular weight excluding hydrogens is 314 g/mol. The van der Waals surface area contributed by atoms with Gasteiger partial charge in [0, 0.05) is 56.9 Å². The number of carbonyl (C=O) groups excluding carboxylic acids is 1. The van der Waals surface area contributed by atoms with Crippen LogP contribution < -0.4 is 10.2 Å². The molecule has 0 radical (unpaired) electrons. The lowest BCUT2D eigenvalue weighted by atomic mass is 10.1. The Morgan fingerprint density at radius 2 is 1.96 bits per heavy atom. The molecule has 0 aliphatic carbocycles. The number of amides is 1. The van der Waals surface area contributed by atoms with E-state index in [4.69, 9.17) is 0 Å². The van der Waals surface area contributed by atoms with E-state index in [0.717, 1.165) is 22.5 Å². The van der Waals surface area contributed by atoms with E-state index in [2.05, 4.69) is 15.4 Å². The van der Waals surface area contributed by atoms with Gasteiger partial charge in [-0.2, -0.15) is 5.10 Å². The van der Waals surface area contributed by atoms with Crippen LogP contribution in [-0.4, -0.2) is 34.8 Å². The van der Waals surface area contributed by atoms with Crippen molar-refractivity contribution in [1.82, 2.24) is 20.1 Å². The summed E-state index contributed by atoms with van der Waals surface area (Å²) in [5, 5.41) is 7.15. The number of aromatic nitrogens is 3. The van der Waals surface area contributed by atoms with E-state index in [1.807, 2.05) is 68.6 Å². The van der Waals surface area contributed by atoms with Gasteiger partial charge >= 0.3 is 0 Å². The van der Waals surface area contributed by atoms with E-state index in [0.29, 0.717) is 12.1 Å². The van der Waals surface area contributed by atoms with E-state index in [-0.39, 0.29) is 5.91 Å². The van der Waals surface area contributed by atoms with E-state index in [1.54, 1.807) is 17.1 Å². The molecule has 128 valence electrons. The van der Waals surface area contributed by atoms with Gasteiger partial charge in [-0.05, 0) is 35.9 Å². The summed E-state index contributed by atoms with van der Waals surface area (Å²) in [6.07, 6.45) is 5.43. The van der Waals surface area contributed by atoms with Crippen molar-refractivity contribution in [2.45, 2.75) is 6.54 Å². The smallest absolute Gasteiger partial charge is 0.251 e. The molecule has 0 atom stereocenters. The highest BCUT2D eigenvalue weighted by molar-refractivity contribution is 5.94. The largest absolute Gasteiger partial charge is 0.378 e. The summed E-state index contributed by atoms with van der Waals surface area (Å²) in [5.41, 5.74) is 4.41. The lowest BCUT2D eigenvalue weighted by Gasteiger charge is -2.13. The first-order valence-electron chi connectivity index (χ1n) is 8.03. The molecule has 25 heavy (non-hydrogen) atoms. The van der Waals surface area contributed by atoms with Crippen molar-refractivity contribution < 1.29 is 4.79 Å². The van der Waals surface area contributed by atoms with Crippen molar-refractivity contribution in [2.75, 3.05) is 19.0 Å². The number of pyridine rings is 1. The number of aryl methyl sites for hydroxylation is 1. The van der Waals surface area contributed by atoms with Gasteiger partial charge in [0.05, 0.1) is 11.9 Å². The van der Waals surface area contributed by atoms with Crippen LogP contribution in [0.1, 0.15) is 15.9 Å². The minimum Gasteiger partial charge on any atom is -0.378 e. The van der Waals surface area contributed by atoms with Crippen LogP contribution in [0, 0.1) is 0 Å². The summed E-state index contributed by atoms with van der Waals surface area (Å²) in [6, 6.07) is 11.4. The van der Waals surface area contributed by atoms with Crippen molar-refractivity contribution in [2.24, 2.45) is 7.05 Å². The lowest BCUT2D eigenvalue weighted by Crippen LogP contribution is -2.23. The minimum absolute atomic E-state index is 0.105. The van der Waals surface area contributed by atoms with Gasteiger partial charge in [0.1, 0.15) is 0 Å². The minimum atomic E-state index is -0.105. The Hall–Kier alpha value is -3.15. The van der Waals surface area contributed by atoms with Gasteiger partial charge in [-0.15, -0.1) is 0 Å². The Kier molecular flexibility index (Phi) is 4.79. The van der Waals surface area contributed by atoms with E-state index >= 15 is 0 Å². The number of carbonyl (C=O) groups is 1. The molecule has 0 fully saturated rings. The van der Waals surface area contributed by atoms with Crippen LogP contribution in [0.2, 0.25) is 0 Å². The van der Waals surface area contributed by atoms with E-state index in [1.165, 1.54) is 0 Å². The summed E-state index contributed by atoms with van der Waals surface area (Å²) < 4.78 is 1.73. The Bertz CT molecular complexity index is 868. The second-order valence-corrected chi connectivity index (χ2v) is 6.04. The number of hydrogen-bond acceptors (Lipinski definition) is 4. The van der Waals surface area contributed by atoms with Crippen molar-refractivity contribution >= 4 is 11.6 Å². The Morgan fingerprint density at radius 3 is 2.60 bits per heavy atom. The van der Waals surface area contributed by atoms with E-state index < -0.39 is 0 Å². The van der Waals surface area contributed by atoms with Crippen LogP contribution in [-0.2, 0) is 13.6 Å². The maximum absolute atomic E-state index is 12.4. The maximum Gasteiger partial charge on any atom is 0.251 e. The lowest BCUT2D eigenvalue weighted by molar-refractivity contribution is 0.0951. The first-order valence-corrected chi connectivity index (χ1v) is 8.03. The Labute approximate surface area is 147 Å². The van der Waals surface area contributed by atoms with E-state index in [9.17, 15) is 4.79 Å². The number of benzene rings is 1. The molecule has 6 nitrogen and oxygen atoms in total. The Balaban J connectivity index is 1.72. The van der Waals surface area contributed by atoms with Gasteiger partial charge in [-0.3, -0.25) is 14.5 Å². The molecular formula is C19H21N5O. The summed E-state index contributed by atoms with van der Waals surface area (Å²) in [7, 11) is 5.81. The highest BCUT2D eigenvalue weighted by Crippen LogP contribution is 2.20. The third kappa shape index (κ3) is 3.85. The zero-order valence-corrected chi connectivity index (χ0v) is 14.6. The van der Waals surface area contributed by atoms with Gasteiger partial charge in [0.15, 0.2) is 0 Å². The third-order valence-electron chi connectivity index (χ3n) is 3.95. The van der Waals surface area contributed by atoms with Gasteiger partial charge in [-0.25, -0.2) is 0 Å². The fraction of sp³-hybridized carbons (Fsp3) is 0.211. The maximum atomic E-state index is 12.4. The van der Waals surface area contributed by atoms with Crippen LogP contribution in [0.3, 0.4) is 0 Å². The van der Waals surface area contributed by atoms with Crippen molar-refractivity contribution in [3.8, 4) is 11.3 Å². The first-order chi connectivity index (χ1) is 12.0. The van der Waals surface area contributed by atoms with Crippen LogP contribution in [0.4, 0.5) is 5.69 Å². The summed E-state index contributed by atoms with van der Waals surface area (Å²) in [4.78, 5) is 18.8. The van der Waals surface area contributed by atoms with Crippen molar-refractivity contribution in [1.29, 1.82) is 0 Å². The summed E-state index contributed by atoms with van der Waals surface area (Å²) in [5.74, 6) is -0.105. The van der Waals surface area contributed by atoms with Crippen LogP contribution in [0.25, 0.3) is 11.3 Å². The predicted molar refractivity (Wildman–Crippen MR) is 98.4 cm³/mol. The molecule has 1 aromatic carbocycles. The summed E-state index contributed by atoms with van der Waals surface area (Å²) >= 11 is 0. The SMILES string of the molecule is CN(C)c1ccc(C(=O)NCc2cccnc2-c2cnn(C)c2)cc1. The molecule has 0 aliphatic heterocycles. The number of nitrogens with zero attached hydrogens (tertiary/aromatic N) is 4. The number of anilines is 1. The summed E-state index contributed by atoms with van der Waals surface area (Å²) in [6.45, 7) is 0.409. The second-order valence-electron chi connectivity index (χ2n) is 6.04. The average Bonchev–Trinajstić information content (AvgIpc) is 3.06. The molecule has 0 spiro atoms. The fourth-order valence-corrected chi connectivity index (χ4v) is 2.57. The Morgan fingerprint density at radius 1 is 1.20 bits per heavy atom.